The number of rotatable bonds is 3. The van der Waals surface area contributed by atoms with Crippen LogP contribution < -0.4 is 4.90 Å². The molecule has 4 amide bonds. The van der Waals surface area contributed by atoms with Gasteiger partial charge < -0.3 is 0 Å². The molecule has 0 aromatic heterocycles. The van der Waals surface area contributed by atoms with Gasteiger partial charge in [0.1, 0.15) is 0 Å². The Balaban J connectivity index is 0. The Bertz CT molecular complexity index is 873. The molecule has 0 heterocycles. The van der Waals surface area contributed by atoms with E-state index in [4.69, 9.17) is 0 Å². The maximum absolute atomic E-state index is 11.6. The molecule has 0 saturated carbocycles. The van der Waals surface area contributed by atoms with Crippen LogP contribution >= 0.6 is 0 Å². The Kier molecular flexibility index (Phi) is 16.5. The summed E-state index contributed by atoms with van der Waals surface area (Å²) in [7, 11) is 1.45. The van der Waals surface area contributed by atoms with E-state index in [-0.39, 0.29) is 94.1 Å². The number of benzene rings is 2. The standard InChI is InChI=1S/C18H17NO2.C5H9NO2.Ar.Y/c1-13-7-9-16(10-8-13)11-17-5-4-6-18(12-17)19(14(2)20)15(3)21;1-4(7)6(3)5(2)8;;/h4,6-9,12H,11H2,1-3H3;1-3H3;;/q-2;;;. The molecule has 0 atom stereocenters. The van der Waals surface area contributed by atoms with E-state index in [9.17, 15) is 19.2 Å². The average Bonchev–Trinajstić information content (AvgIpc) is 2.63. The molecule has 0 aliphatic heterocycles. The number of nitrogens with zero attached hydrogens (tertiary/aromatic N) is 2. The number of anilines is 1. The van der Waals surface area contributed by atoms with E-state index in [1.54, 1.807) is 12.1 Å². The van der Waals surface area contributed by atoms with Crippen LogP contribution in [0.5, 0.6) is 0 Å². The summed E-state index contributed by atoms with van der Waals surface area (Å²) >= 11 is 0. The van der Waals surface area contributed by atoms with E-state index >= 15 is 0 Å². The van der Waals surface area contributed by atoms with Crippen LogP contribution in [0.1, 0.15) is 44.4 Å². The SMILES string of the molecule is CC(=O)N(C(C)=O)c1cc[c-]c(Cc2[c-]cc(C)cc2)c1.CC(=O)N(C)C(C)=O.[Ar].[Y]. The molecular weight excluding hydrogens is 497 g/mol. The van der Waals surface area contributed by atoms with E-state index in [0.29, 0.717) is 12.1 Å². The second-order valence-electron chi connectivity index (χ2n) is 6.61. The van der Waals surface area contributed by atoms with E-state index in [2.05, 4.69) is 12.1 Å². The average molecular weight is 523 g/mol. The van der Waals surface area contributed by atoms with Crippen LogP contribution in [0, 0.1) is 56.8 Å². The number of hydrogen-bond acceptors (Lipinski definition) is 4. The first-order valence-corrected chi connectivity index (χ1v) is 9.06. The van der Waals surface area contributed by atoms with Crippen LogP contribution in [0.25, 0.3) is 0 Å². The van der Waals surface area contributed by atoms with E-state index in [1.165, 1.54) is 34.7 Å². The normalized spacial score (nSPS) is 9.10. The second-order valence-corrected chi connectivity index (χ2v) is 6.61. The molecule has 0 unspecified atom stereocenters. The van der Waals surface area contributed by atoms with Crippen molar-refractivity contribution in [3.63, 3.8) is 0 Å². The van der Waals surface area contributed by atoms with Crippen LogP contribution in [0.4, 0.5) is 5.69 Å². The molecule has 31 heavy (non-hydrogen) atoms. The first-order chi connectivity index (χ1) is 13.5. The van der Waals surface area contributed by atoms with Gasteiger partial charge in [-0.05, 0) is 6.42 Å². The Morgan fingerprint density at radius 2 is 1.39 bits per heavy atom. The van der Waals surface area contributed by atoms with Crippen LogP contribution in [-0.4, -0.2) is 35.6 Å². The van der Waals surface area contributed by atoms with Gasteiger partial charge in [0.15, 0.2) is 0 Å². The maximum atomic E-state index is 11.6. The van der Waals surface area contributed by atoms with Crippen molar-refractivity contribution in [2.75, 3.05) is 11.9 Å². The van der Waals surface area contributed by atoms with Crippen LogP contribution in [-0.2, 0) is 58.3 Å². The Morgan fingerprint density at radius 1 is 0.839 bits per heavy atom. The van der Waals surface area contributed by atoms with Crippen LogP contribution in [0.2, 0.25) is 0 Å². The predicted molar refractivity (Wildman–Crippen MR) is 111 cm³/mol. The minimum Gasteiger partial charge on any atom is -0.286 e. The Morgan fingerprint density at radius 3 is 1.77 bits per heavy atom. The van der Waals surface area contributed by atoms with Gasteiger partial charge >= 0.3 is 0 Å². The van der Waals surface area contributed by atoms with Gasteiger partial charge in [0.05, 0.1) is 0 Å². The predicted octanol–water partition coefficient (Wildman–Crippen LogP) is 3.09. The molecule has 1 radical (unpaired) electrons. The van der Waals surface area contributed by atoms with Crippen LogP contribution in [0.3, 0.4) is 0 Å². The smallest absolute Gasteiger partial charge is 0.228 e. The van der Waals surface area contributed by atoms with Gasteiger partial charge in [0.2, 0.25) is 23.6 Å². The molecule has 6 nitrogen and oxygen atoms in total. The summed E-state index contributed by atoms with van der Waals surface area (Å²) in [4.78, 5) is 46.0. The maximum Gasteiger partial charge on any atom is 0.228 e. The van der Waals surface area contributed by atoms with Gasteiger partial charge in [-0.15, -0.1) is 12.1 Å². The third-order valence-electron chi connectivity index (χ3n) is 4.09. The summed E-state index contributed by atoms with van der Waals surface area (Å²) in [5, 5.41) is 0. The summed E-state index contributed by atoms with van der Waals surface area (Å²) in [6, 6.07) is 17.6. The number of carbonyl (C=O) groups is 4. The van der Waals surface area contributed by atoms with Crippen molar-refractivity contribution in [1.82, 2.24) is 4.90 Å². The molecule has 2 aromatic rings. The number of carbonyl (C=O) groups excluding carboxylic acids is 4. The summed E-state index contributed by atoms with van der Waals surface area (Å²) in [6.45, 7) is 7.48. The Labute approximate surface area is 239 Å². The Hall–Kier alpha value is -0.916. The van der Waals surface area contributed by atoms with Gasteiger partial charge in [-0.1, -0.05) is 12.6 Å². The number of aryl methyl sites for hydroxylation is 1. The molecule has 2 rings (SSSR count). The van der Waals surface area contributed by atoms with E-state index < -0.39 is 0 Å². The molecule has 0 aliphatic rings. The first kappa shape index (κ1) is 32.3. The molecule has 8 heteroatoms. The summed E-state index contributed by atoms with van der Waals surface area (Å²) < 4.78 is 0. The topological polar surface area (TPSA) is 74.8 Å². The molecule has 0 bridgehead atoms. The fourth-order valence-corrected chi connectivity index (χ4v) is 2.40. The number of imide groups is 2. The summed E-state index contributed by atoms with van der Waals surface area (Å²) in [6.07, 6.45) is 0.664. The quantitative estimate of drug-likeness (QED) is 0.580. The van der Waals surface area contributed by atoms with Gasteiger partial charge in [0, 0.05) is 105 Å². The van der Waals surface area contributed by atoms with E-state index in [0.717, 1.165) is 26.5 Å². The van der Waals surface area contributed by atoms with Crippen molar-refractivity contribution in [3.05, 3.63) is 65.2 Å². The fourth-order valence-electron chi connectivity index (χ4n) is 2.40. The van der Waals surface area contributed by atoms with E-state index in [1.807, 2.05) is 31.2 Å². The molecule has 2 aromatic carbocycles. The third-order valence-corrected chi connectivity index (χ3v) is 4.09. The minimum atomic E-state index is -0.290. The van der Waals surface area contributed by atoms with Gasteiger partial charge in [-0.2, -0.15) is 53.1 Å². The zero-order chi connectivity index (χ0) is 22.1. The number of hydrogen-bond donors (Lipinski definition) is 0. The van der Waals surface area contributed by atoms with Crippen molar-refractivity contribution in [2.45, 2.75) is 41.0 Å². The largest absolute Gasteiger partial charge is 0.286 e. The first-order valence-electron chi connectivity index (χ1n) is 9.06. The van der Waals surface area contributed by atoms with Gasteiger partial charge in [-0.3, -0.25) is 29.0 Å². The second kappa shape index (κ2) is 15.8. The zero-order valence-corrected chi connectivity index (χ0v) is 22.2. The fraction of sp³-hybridized carbons (Fsp3) is 0.304. The van der Waals surface area contributed by atoms with Crippen molar-refractivity contribution in [2.24, 2.45) is 0 Å². The molecule has 0 spiro atoms. The summed E-state index contributed by atoms with van der Waals surface area (Å²) in [5.41, 5.74) is 3.71. The molecule has 0 fully saturated rings. The van der Waals surface area contributed by atoms with Crippen LogP contribution in [0.15, 0.2) is 36.4 Å². The molecule has 0 N–H and O–H groups in total. The van der Waals surface area contributed by atoms with Gasteiger partial charge in [0.25, 0.3) is 0 Å². The molecule has 0 saturated heterocycles. The molecule has 165 valence electrons. The van der Waals surface area contributed by atoms with Crippen molar-refractivity contribution in [1.29, 1.82) is 0 Å². The number of amides is 4. The third kappa shape index (κ3) is 11.5. The molecule has 0 aliphatic carbocycles. The molecular formula is C23H26ArN2O4Y-2. The van der Waals surface area contributed by atoms with Gasteiger partial charge in [-0.25, -0.2) is 0 Å². The minimum absolute atomic E-state index is 0. The summed E-state index contributed by atoms with van der Waals surface area (Å²) in [5.74, 6) is -1.03. The zero-order valence-electron chi connectivity index (χ0n) is 18.6. The van der Waals surface area contributed by atoms with Crippen molar-refractivity contribution in [3.8, 4) is 0 Å². The van der Waals surface area contributed by atoms with Crippen molar-refractivity contribution < 1.29 is 89.6 Å². The van der Waals surface area contributed by atoms with Crippen molar-refractivity contribution >= 4 is 29.3 Å². The monoisotopic (exact) mass is 523 g/mol.